The van der Waals surface area contributed by atoms with Crippen molar-refractivity contribution in [3.8, 4) is 11.4 Å². The number of aromatic nitrogens is 2. The first-order valence-corrected chi connectivity index (χ1v) is 9.01. The van der Waals surface area contributed by atoms with Gasteiger partial charge in [-0.2, -0.15) is 4.73 Å². The molecule has 0 saturated carbocycles. The van der Waals surface area contributed by atoms with Gasteiger partial charge in [-0.15, -0.1) is 0 Å². The molecule has 3 aromatic carbocycles. The van der Waals surface area contributed by atoms with E-state index in [1.165, 1.54) is 12.1 Å². The van der Waals surface area contributed by atoms with Crippen LogP contribution in [0.15, 0.2) is 77.3 Å². The van der Waals surface area contributed by atoms with E-state index < -0.39 is 4.92 Å². The molecule has 7 heteroatoms. The molecule has 4 rings (SSSR count). The SMILES string of the molecule is O=[N+]([O-])c1ccc2nc(-c3ccccc3)n(OCc3ccc(Br)cc3)c2c1. The molecule has 134 valence electrons. The molecule has 0 aliphatic carbocycles. The largest absolute Gasteiger partial charge is 0.407 e. The first-order valence-electron chi connectivity index (χ1n) is 8.22. The molecule has 0 aliphatic heterocycles. The zero-order chi connectivity index (χ0) is 18.8. The van der Waals surface area contributed by atoms with Crippen LogP contribution < -0.4 is 4.84 Å². The van der Waals surface area contributed by atoms with E-state index in [2.05, 4.69) is 20.9 Å². The van der Waals surface area contributed by atoms with Crippen molar-refractivity contribution in [1.82, 2.24) is 9.71 Å². The number of halogens is 1. The van der Waals surface area contributed by atoms with Crippen molar-refractivity contribution < 1.29 is 9.76 Å². The quantitative estimate of drug-likeness (QED) is 0.334. The molecular formula is C20H14BrN3O3. The minimum absolute atomic E-state index is 0.00416. The van der Waals surface area contributed by atoms with Crippen LogP contribution in [0.25, 0.3) is 22.4 Å². The highest BCUT2D eigenvalue weighted by Gasteiger charge is 2.17. The third-order valence-corrected chi connectivity index (χ3v) is 4.64. The molecule has 0 spiro atoms. The van der Waals surface area contributed by atoms with Crippen LogP contribution in [-0.4, -0.2) is 14.6 Å². The Morgan fingerprint density at radius 1 is 1.04 bits per heavy atom. The number of non-ortho nitro benzene ring substituents is 1. The van der Waals surface area contributed by atoms with Crippen LogP contribution in [0.3, 0.4) is 0 Å². The number of nitrogens with zero attached hydrogens (tertiary/aromatic N) is 3. The van der Waals surface area contributed by atoms with Gasteiger partial charge in [0, 0.05) is 22.2 Å². The molecule has 4 aromatic rings. The van der Waals surface area contributed by atoms with Crippen LogP contribution in [0.2, 0.25) is 0 Å². The molecule has 0 fully saturated rings. The molecule has 0 saturated heterocycles. The van der Waals surface area contributed by atoms with Gasteiger partial charge < -0.3 is 4.84 Å². The number of nitro benzene ring substituents is 1. The predicted molar refractivity (Wildman–Crippen MR) is 106 cm³/mol. The summed E-state index contributed by atoms with van der Waals surface area (Å²) in [5.74, 6) is 0.600. The third-order valence-electron chi connectivity index (χ3n) is 4.11. The second-order valence-electron chi connectivity index (χ2n) is 5.93. The number of imidazole rings is 1. The van der Waals surface area contributed by atoms with E-state index in [-0.39, 0.29) is 5.69 Å². The number of fused-ring (bicyclic) bond motifs is 1. The Balaban J connectivity index is 1.79. The summed E-state index contributed by atoms with van der Waals surface area (Å²) in [6.07, 6.45) is 0. The number of nitro groups is 1. The van der Waals surface area contributed by atoms with Gasteiger partial charge in [0.05, 0.1) is 10.4 Å². The first-order chi connectivity index (χ1) is 13.1. The molecule has 0 bridgehead atoms. The predicted octanol–water partition coefficient (Wildman–Crippen LogP) is 5.00. The average Bonchev–Trinajstić information content (AvgIpc) is 3.06. The van der Waals surface area contributed by atoms with Crippen molar-refractivity contribution in [3.05, 3.63) is 92.9 Å². The highest BCUT2D eigenvalue weighted by Crippen LogP contribution is 2.27. The smallest absolute Gasteiger partial charge is 0.271 e. The van der Waals surface area contributed by atoms with Crippen LogP contribution in [0.5, 0.6) is 0 Å². The van der Waals surface area contributed by atoms with Crippen LogP contribution in [0.4, 0.5) is 5.69 Å². The highest BCUT2D eigenvalue weighted by molar-refractivity contribution is 9.10. The monoisotopic (exact) mass is 423 g/mol. The van der Waals surface area contributed by atoms with E-state index >= 15 is 0 Å². The zero-order valence-corrected chi connectivity index (χ0v) is 15.7. The topological polar surface area (TPSA) is 70.2 Å². The van der Waals surface area contributed by atoms with E-state index in [0.29, 0.717) is 23.5 Å². The van der Waals surface area contributed by atoms with Gasteiger partial charge in [0.25, 0.3) is 5.69 Å². The molecule has 0 N–H and O–H groups in total. The van der Waals surface area contributed by atoms with Gasteiger partial charge in [0.2, 0.25) is 0 Å². The summed E-state index contributed by atoms with van der Waals surface area (Å²) in [4.78, 5) is 21.4. The van der Waals surface area contributed by atoms with Gasteiger partial charge in [0.1, 0.15) is 12.1 Å². The van der Waals surface area contributed by atoms with Crippen LogP contribution in [0, 0.1) is 10.1 Å². The molecule has 27 heavy (non-hydrogen) atoms. The number of hydrogen-bond donors (Lipinski definition) is 0. The van der Waals surface area contributed by atoms with E-state index in [9.17, 15) is 10.1 Å². The summed E-state index contributed by atoms with van der Waals surface area (Å²) in [5, 5.41) is 11.2. The summed E-state index contributed by atoms with van der Waals surface area (Å²) < 4.78 is 2.56. The number of rotatable bonds is 5. The second-order valence-corrected chi connectivity index (χ2v) is 6.84. The average molecular weight is 424 g/mol. The summed E-state index contributed by atoms with van der Waals surface area (Å²) in [6.45, 7) is 0.307. The lowest BCUT2D eigenvalue weighted by Gasteiger charge is -2.11. The van der Waals surface area contributed by atoms with E-state index in [1.54, 1.807) is 10.8 Å². The minimum atomic E-state index is -0.423. The molecule has 0 aliphatic rings. The standard InChI is InChI=1S/C20H14BrN3O3/c21-16-8-6-14(7-9-16)13-27-23-19-12-17(24(25)26)10-11-18(19)22-20(23)15-4-2-1-3-5-15/h1-12H,13H2. The Labute approximate surface area is 163 Å². The molecule has 0 unspecified atom stereocenters. The van der Waals surface area contributed by atoms with Gasteiger partial charge in [-0.05, 0) is 23.8 Å². The Bertz CT molecular complexity index is 1110. The van der Waals surface area contributed by atoms with Crippen molar-refractivity contribution in [3.63, 3.8) is 0 Å². The van der Waals surface area contributed by atoms with E-state index in [4.69, 9.17) is 4.84 Å². The molecule has 6 nitrogen and oxygen atoms in total. The Morgan fingerprint density at radius 3 is 2.48 bits per heavy atom. The molecule has 1 aromatic heterocycles. The lowest BCUT2D eigenvalue weighted by molar-refractivity contribution is -0.384. The van der Waals surface area contributed by atoms with E-state index in [1.807, 2.05) is 54.6 Å². The zero-order valence-electron chi connectivity index (χ0n) is 14.1. The summed E-state index contributed by atoms with van der Waals surface area (Å²) in [5.41, 5.74) is 3.03. The fourth-order valence-electron chi connectivity index (χ4n) is 2.78. The molecule has 1 heterocycles. The number of hydrogen-bond acceptors (Lipinski definition) is 4. The molecule has 0 amide bonds. The fourth-order valence-corrected chi connectivity index (χ4v) is 3.04. The van der Waals surface area contributed by atoms with Gasteiger partial charge in [-0.25, -0.2) is 4.98 Å². The summed E-state index contributed by atoms with van der Waals surface area (Å²) >= 11 is 3.41. The summed E-state index contributed by atoms with van der Waals surface area (Å²) in [6, 6.07) is 21.9. The van der Waals surface area contributed by atoms with Gasteiger partial charge in [-0.3, -0.25) is 10.1 Å². The molecule has 0 atom stereocenters. The molecule has 0 radical (unpaired) electrons. The lowest BCUT2D eigenvalue weighted by atomic mass is 10.2. The highest BCUT2D eigenvalue weighted by atomic mass is 79.9. The second kappa shape index (κ2) is 7.20. The van der Waals surface area contributed by atoms with Crippen LogP contribution in [0.1, 0.15) is 5.56 Å². The maximum atomic E-state index is 11.2. The van der Waals surface area contributed by atoms with Crippen LogP contribution >= 0.6 is 15.9 Å². The number of benzene rings is 3. The van der Waals surface area contributed by atoms with Gasteiger partial charge in [-0.1, -0.05) is 58.4 Å². The van der Waals surface area contributed by atoms with Crippen LogP contribution in [-0.2, 0) is 6.61 Å². The maximum Gasteiger partial charge on any atom is 0.271 e. The van der Waals surface area contributed by atoms with Crippen molar-refractivity contribution in [1.29, 1.82) is 0 Å². The summed E-state index contributed by atoms with van der Waals surface area (Å²) in [7, 11) is 0. The first kappa shape index (κ1) is 17.2. The fraction of sp³-hybridized carbons (Fsp3) is 0.0500. The minimum Gasteiger partial charge on any atom is -0.407 e. The van der Waals surface area contributed by atoms with E-state index in [0.717, 1.165) is 15.6 Å². The third kappa shape index (κ3) is 3.54. The Kier molecular flexibility index (Phi) is 4.60. The lowest BCUT2D eigenvalue weighted by Crippen LogP contribution is -2.12. The maximum absolute atomic E-state index is 11.2. The van der Waals surface area contributed by atoms with Crippen molar-refractivity contribution in [2.75, 3.05) is 0 Å². The van der Waals surface area contributed by atoms with Gasteiger partial charge in [0.15, 0.2) is 5.82 Å². The van der Waals surface area contributed by atoms with Crippen molar-refractivity contribution >= 4 is 32.7 Å². The Morgan fingerprint density at radius 2 is 1.78 bits per heavy atom. The molecular weight excluding hydrogens is 410 g/mol. The van der Waals surface area contributed by atoms with Gasteiger partial charge >= 0.3 is 0 Å². The van der Waals surface area contributed by atoms with Crippen molar-refractivity contribution in [2.24, 2.45) is 0 Å². The Hall–Kier alpha value is -3.19. The normalized spacial score (nSPS) is 10.9. The van der Waals surface area contributed by atoms with Crippen molar-refractivity contribution in [2.45, 2.75) is 6.61 Å².